The van der Waals surface area contributed by atoms with Crippen LogP contribution in [0.5, 0.6) is 11.5 Å². The minimum atomic E-state index is -0.880. The van der Waals surface area contributed by atoms with E-state index in [4.69, 9.17) is 4.74 Å². The molecule has 0 spiro atoms. The van der Waals surface area contributed by atoms with E-state index in [1.807, 2.05) is 12.1 Å². The molecule has 7 heteroatoms. The van der Waals surface area contributed by atoms with Crippen molar-refractivity contribution in [2.45, 2.75) is 19.9 Å². The van der Waals surface area contributed by atoms with Gasteiger partial charge in [-0.15, -0.1) is 0 Å². The van der Waals surface area contributed by atoms with E-state index < -0.39 is 11.4 Å². The number of carboxylic acids is 1. The summed E-state index contributed by atoms with van der Waals surface area (Å²) in [5.41, 5.74) is 0.00597. The first-order chi connectivity index (χ1) is 12.9. The Hall–Kier alpha value is -3.09. The molecule has 0 aromatic heterocycles. The van der Waals surface area contributed by atoms with Crippen LogP contribution in [0.2, 0.25) is 0 Å². The van der Waals surface area contributed by atoms with E-state index in [0.29, 0.717) is 31.0 Å². The van der Waals surface area contributed by atoms with E-state index in [9.17, 15) is 19.1 Å². The predicted molar refractivity (Wildman–Crippen MR) is 97.1 cm³/mol. The highest BCUT2D eigenvalue weighted by Gasteiger charge is 2.42. The Morgan fingerprint density at radius 2 is 1.74 bits per heavy atom. The van der Waals surface area contributed by atoms with Gasteiger partial charge in [0.15, 0.2) is 0 Å². The highest BCUT2D eigenvalue weighted by atomic mass is 19.1. The van der Waals surface area contributed by atoms with Gasteiger partial charge in [0, 0.05) is 19.6 Å². The first-order valence-corrected chi connectivity index (χ1v) is 8.64. The van der Waals surface area contributed by atoms with Gasteiger partial charge in [0.1, 0.15) is 17.3 Å². The zero-order valence-electron chi connectivity index (χ0n) is 14.9. The number of nitrogens with zero attached hydrogens (tertiary/aromatic N) is 1. The first-order valence-electron chi connectivity index (χ1n) is 8.64. The minimum Gasteiger partial charge on any atom is -0.481 e. The van der Waals surface area contributed by atoms with Gasteiger partial charge in [-0.3, -0.25) is 4.79 Å². The highest BCUT2D eigenvalue weighted by molar-refractivity contribution is 5.79. The molecule has 2 amide bonds. The number of likely N-dealkylation sites (tertiary alicyclic amines) is 1. The molecule has 6 nitrogen and oxygen atoms in total. The summed E-state index contributed by atoms with van der Waals surface area (Å²) in [4.78, 5) is 25.0. The second kappa shape index (κ2) is 7.65. The van der Waals surface area contributed by atoms with Gasteiger partial charge < -0.3 is 20.1 Å². The molecule has 27 heavy (non-hydrogen) atoms. The number of ether oxygens (including phenoxy) is 1. The van der Waals surface area contributed by atoms with Crippen molar-refractivity contribution in [3.63, 3.8) is 0 Å². The largest absolute Gasteiger partial charge is 0.481 e. The zero-order chi connectivity index (χ0) is 19.4. The van der Waals surface area contributed by atoms with Crippen molar-refractivity contribution in [3.05, 3.63) is 59.9 Å². The smallest absolute Gasteiger partial charge is 0.317 e. The van der Waals surface area contributed by atoms with Crippen LogP contribution in [0.4, 0.5) is 9.18 Å². The molecule has 0 bridgehead atoms. The Kier molecular flexibility index (Phi) is 5.30. The van der Waals surface area contributed by atoms with Gasteiger partial charge in [-0.05, 0) is 55.3 Å². The molecule has 0 radical (unpaired) electrons. The number of amides is 2. The molecule has 2 N–H and O–H groups in total. The Labute approximate surface area is 156 Å². The number of hydrogen-bond donors (Lipinski definition) is 2. The van der Waals surface area contributed by atoms with Crippen LogP contribution >= 0.6 is 0 Å². The van der Waals surface area contributed by atoms with E-state index in [-0.39, 0.29) is 18.4 Å². The predicted octanol–water partition coefficient (Wildman–Crippen LogP) is 3.62. The van der Waals surface area contributed by atoms with Gasteiger partial charge in [-0.2, -0.15) is 0 Å². The van der Waals surface area contributed by atoms with E-state index in [2.05, 4.69) is 5.32 Å². The summed E-state index contributed by atoms with van der Waals surface area (Å²) in [6.45, 7) is 2.62. The summed E-state index contributed by atoms with van der Waals surface area (Å²) in [7, 11) is 0. The lowest BCUT2D eigenvalue weighted by Gasteiger charge is -2.20. The molecule has 0 saturated carbocycles. The van der Waals surface area contributed by atoms with Crippen LogP contribution < -0.4 is 10.1 Å². The lowest BCUT2D eigenvalue weighted by Crippen LogP contribution is -2.40. The number of urea groups is 1. The summed E-state index contributed by atoms with van der Waals surface area (Å²) in [6, 6.07) is 12.7. The maximum absolute atomic E-state index is 12.9. The Bertz CT molecular complexity index is 823. The molecule has 1 saturated heterocycles. The second-order valence-corrected chi connectivity index (χ2v) is 6.90. The monoisotopic (exact) mass is 372 g/mol. The fraction of sp³-hybridized carbons (Fsp3) is 0.300. The molecule has 1 heterocycles. The van der Waals surface area contributed by atoms with Gasteiger partial charge in [0.25, 0.3) is 0 Å². The molecule has 1 aliphatic heterocycles. The Balaban J connectivity index is 1.51. The number of rotatable bonds is 5. The average Bonchev–Trinajstić information content (AvgIpc) is 3.07. The molecule has 3 rings (SSSR count). The van der Waals surface area contributed by atoms with Crippen molar-refractivity contribution in [2.75, 3.05) is 13.1 Å². The Morgan fingerprint density at radius 3 is 2.30 bits per heavy atom. The Morgan fingerprint density at radius 1 is 1.15 bits per heavy atom. The molecule has 1 aliphatic rings. The third-order valence-corrected chi connectivity index (χ3v) is 4.69. The maximum Gasteiger partial charge on any atom is 0.317 e. The number of nitrogens with one attached hydrogen (secondary N) is 1. The van der Waals surface area contributed by atoms with Crippen molar-refractivity contribution >= 4 is 12.0 Å². The van der Waals surface area contributed by atoms with Crippen LogP contribution in [0, 0.1) is 11.2 Å². The molecular weight excluding hydrogens is 351 g/mol. The molecule has 1 fully saturated rings. The SMILES string of the molecule is CC1(C(=O)O)CCN(C(=O)NCc2ccc(Oc3ccc(F)cc3)cc2)C1. The fourth-order valence-electron chi connectivity index (χ4n) is 2.91. The van der Waals surface area contributed by atoms with Crippen LogP contribution in [-0.2, 0) is 11.3 Å². The van der Waals surface area contributed by atoms with E-state index in [1.165, 1.54) is 17.0 Å². The third kappa shape index (κ3) is 4.55. The van der Waals surface area contributed by atoms with Crippen LogP contribution in [0.3, 0.4) is 0 Å². The number of hydrogen-bond acceptors (Lipinski definition) is 3. The summed E-state index contributed by atoms with van der Waals surface area (Å²) in [5, 5.41) is 12.0. The van der Waals surface area contributed by atoms with Crippen molar-refractivity contribution < 1.29 is 23.8 Å². The molecule has 2 aromatic carbocycles. The normalized spacial score (nSPS) is 19.0. The van der Waals surface area contributed by atoms with Crippen molar-refractivity contribution in [1.29, 1.82) is 0 Å². The van der Waals surface area contributed by atoms with Gasteiger partial charge in [-0.25, -0.2) is 9.18 Å². The number of halogens is 1. The van der Waals surface area contributed by atoms with Crippen molar-refractivity contribution in [3.8, 4) is 11.5 Å². The summed E-state index contributed by atoms with van der Waals surface area (Å²) in [6.07, 6.45) is 0.450. The lowest BCUT2D eigenvalue weighted by atomic mass is 9.90. The van der Waals surface area contributed by atoms with Gasteiger partial charge in [0.05, 0.1) is 5.41 Å². The van der Waals surface area contributed by atoms with Crippen LogP contribution in [-0.4, -0.2) is 35.1 Å². The van der Waals surface area contributed by atoms with E-state index >= 15 is 0 Å². The summed E-state index contributed by atoms with van der Waals surface area (Å²) in [5.74, 6) is -0.0638. The van der Waals surface area contributed by atoms with Crippen molar-refractivity contribution in [1.82, 2.24) is 10.2 Å². The molecule has 1 atom stereocenters. The number of aliphatic carboxylic acids is 1. The van der Waals surface area contributed by atoms with Gasteiger partial charge in [0.2, 0.25) is 0 Å². The zero-order valence-corrected chi connectivity index (χ0v) is 14.9. The summed E-state index contributed by atoms with van der Waals surface area (Å²) < 4.78 is 18.5. The number of carboxylic acid groups (broad SMARTS) is 1. The quantitative estimate of drug-likeness (QED) is 0.840. The molecule has 0 aliphatic carbocycles. The van der Waals surface area contributed by atoms with E-state index in [0.717, 1.165) is 5.56 Å². The third-order valence-electron chi connectivity index (χ3n) is 4.69. The number of carbonyl (C=O) groups is 2. The first kappa shape index (κ1) is 18.7. The average molecular weight is 372 g/mol. The van der Waals surface area contributed by atoms with Crippen LogP contribution in [0.1, 0.15) is 18.9 Å². The topological polar surface area (TPSA) is 78.9 Å². The highest BCUT2D eigenvalue weighted by Crippen LogP contribution is 2.30. The molecule has 1 unspecified atom stereocenters. The number of carbonyl (C=O) groups excluding carboxylic acids is 1. The molecule has 2 aromatic rings. The molecule has 142 valence electrons. The summed E-state index contributed by atoms with van der Waals surface area (Å²) >= 11 is 0. The van der Waals surface area contributed by atoms with Crippen molar-refractivity contribution in [2.24, 2.45) is 5.41 Å². The molecular formula is C20H21FN2O4. The standard InChI is InChI=1S/C20H21FN2O4/c1-20(18(24)25)10-11-23(13-20)19(26)22-12-14-2-6-16(7-3-14)27-17-8-4-15(21)5-9-17/h2-9H,10-13H2,1H3,(H,22,26)(H,24,25). The number of benzene rings is 2. The lowest BCUT2D eigenvalue weighted by molar-refractivity contribution is -0.147. The van der Waals surface area contributed by atoms with E-state index in [1.54, 1.807) is 31.2 Å². The fourth-order valence-corrected chi connectivity index (χ4v) is 2.91. The van der Waals surface area contributed by atoms with Crippen LogP contribution in [0.25, 0.3) is 0 Å². The second-order valence-electron chi connectivity index (χ2n) is 6.90. The minimum absolute atomic E-state index is 0.207. The van der Waals surface area contributed by atoms with Crippen LogP contribution in [0.15, 0.2) is 48.5 Å². The van der Waals surface area contributed by atoms with Gasteiger partial charge in [-0.1, -0.05) is 12.1 Å². The maximum atomic E-state index is 12.9. The van der Waals surface area contributed by atoms with Gasteiger partial charge >= 0.3 is 12.0 Å².